The zero-order valence-corrected chi connectivity index (χ0v) is 13.3. The number of nitrogens with one attached hydrogen (secondary N) is 1. The van der Waals surface area contributed by atoms with E-state index in [9.17, 15) is 9.18 Å². The third kappa shape index (κ3) is 4.03. The van der Waals surface area contributed by atoms with Crippen molar-refractivity contribution >= 4 is 28.8 Å². The summed E-state index contributed by atoms with van der Waals surface area (Å²) in [5, 5.41) is 7.02. The summed E-state index contributed by atoms with van der Waals surface area (Å²) in [6.45, 7) is 0.455. The van der Waals surface area contributed by atoms with Crippen LogP contribution < -0.4 is 5.32 Å². The van der Waals surface area contributed by atoms with E-state index in [2.05, 4.69) is 10.7 Å². The maximum Gasteiger partial charge on any atom is 0.252 e. The van der Waals surface area contributed by atoms with Crippen LogP contribution in [0.4, 0.5) is 4.39 Å². The van der Waals surface area contributed by atoms with Gasteiger partial charge in [-0.05, 0) is 54.7 Å². The standard InChI is InChI=1S/C15H16ClFN2OS/c1-19(2)14(10-5-6-21-9-10)8-18-15(20)12-4-3-11(17)7-13(12)16/h3-7,9,14H,8H2,1-2H3,(H,18,20)/t14-/m1/s1. The number of carbonyl (C=O) groups is 1. The van der Waals surface area contributed by atoms with Crippen LogP contribution in [-0.4, -0.2) is 31.4 Å². The van der Waals surface area contributed by atoms with Crippen LogP contribution in [0.1, 0.15) is 22.0 Å². The topological polar surface area (TPSA) is 32.3 Å². The number of hydrogen-bond donors (Lipinski definition) is 1. The van der Waals surface area contributed by atoms with E-state index in [0.29, 0.717) is 6.54 Å². The third-order valence-electron chi connectivity index (χ3n) is 3.18. The lowest BCUT2D eigenvalue weighted by atomic mass is 10.1. The fraction of sp³-hybridized carbons (Fsp3) is 0.267. The quantitative estimate of drug-likeness (QED) is 0.911. The summed E-state index contributed by atoms with van der Waals surface area (Å²) < 4.78 is 13.0. The van der Waals surface area contributed by atoms with E-state index in [1.165, 1.54) is 12.1 Å². The fourth-order valence-electron chi connectivity index (χ4n) is 2.02. The zero-order chi connectivity index (χ0) is 15.4. The van der Waals surface area contributed by atoms with Crippen LogP contribution in [0.2, 0.25) is 5.02 Å². The average molecular weight is 327 g/mol. The normalized spacial score (nSPS) is 12.4. The van der Waals surface area contributed by atoms with Crippen molar-refractivity contribution in [1.29, 1.82) is 0 Å². The predicted molar refractivity (Wildman–Crippen MR) is 84.5 cm³/mol. The average Bonchev–Trinajstić information content (AvgIpc) is 2.92. The van der Waals surface area contributed by atoms with Crippen molar-refractivity contribution < 1.29 is 9.18 Å². The SMILES string of the molecule is CN(C)[C@H](CNC(=O)c1ccc(F)cc1Cl)c1ccsc1. The Balaban J connectivity index is 2.05. The van der Waals surface area contributed by atoms with Gasteiger partial charge in [0, 0.05) is 6.54 Å². The van der Waals surface area contributed by atoms with Gasteiger partial charge in [-0.15, -0.1) is 0 Å². The molecule has 2 rings (SSSR count). The number of hydrogen-bond acceptors (Lipinski definition) is 3. The number of amides is 1. The van der Waals surface area contributed by atoms with Crippen LogP contribution in [0.5, 0.6) is 0 Å². The van der Waals surface area contributed by atoms with Crippen molar-refractivity contribution in [2.24, 2.45) is 0 Å². The Bertz CT molecular complexity index is 616. The number of rotatable bonds is 5. The lowest BCUT2D eigenvalue weighted by molar-refractivity contribution is 0.0942. The van der Waals surface area contributed by atoms with E-state index in [1.54, 1.807) is 11.3 Å². The molecule has 2 aromatic rings. The van der Waals surface area contributed by atoms with Crippen molar-refractivity contribution in [3.05, 3.63) is 57.0 Å². The molecular formula is C15H16ClFN2OS. The van der Waals surface area contributed by atoms with Gasteiger partial charge >= 0.3 is 0 Å². The summed E-state index contributed by atoms with van der Waals surface area (Å²) in [7, 11) is 3.92. The van der Waals surface area contributed by atoms with Crippen molar-refractivity contribution in [2.75, 3.05) is 20.6 Å². The molecule has 0 saturated carbocycles. The molecule has 0 fully saturated rings. The molecule has 6 heteroatoms. The minimum absolute atomic E-state index is 0.0828. The highest BCUT2D eigenvalue weighted by Crippen LogP contribution is 2.21. The van der Waals surface area contributed by atoms with E-state index in [1.807, 2.05) is 30.4 Å². The number of nitrogens with zero attached hydrogens (tertiary/aromatic N) is 1. The van der Waals surface area contributed by atoms with Crippen molar-refractivity contribution in [2.45, 2.75) is 6.04 Å². The first-order valence-corrected chi connectivity index (χ1v) is 7.73. The molecule has 0 radical (unpaired) electrons. The highest BCUT2D eigenvalue weighted by Gasteiger charge is 2.17. The molecule has 0 aliphatic carbocycles. The van der Waals surface area contributed by atoms with Crippen LogP contribution in [0.15, 0.2) is 35.0 Å². The molecule has 0 spiro atoms. The molecule has 0 bridgehead atoms. The number of halogens is 2. The van der Waals surface area contributed by atoms with Gasteiger partial charge in [-0.25, -0.2) is 4.39 Å². The lowest BCUT2D eigenvalue weighted by Crippen LogP contribution is -2.34. The third-order valence-corrected chi connectivity index (χ3v) is 4.20. The second kappa shape index (κ2) is 7.02. The lowest BCUT2D eigenvalue weighted by Gasteiger charge is -2.24. The first-order valence-electron chi connectivity index (χ1n) is 6.41. The van der Waals surface area contributed by atoms with Gasteiger partial charge in [0.15, 0.2) is 0 Å². The van der Waals surface area contributed by atoms with Crippen LogP contribution in [0.25, 0.3) is 0 Å². The Morgan fingerprint density at radius 1 is 1.43 bits per heavy atom. The Labute approximate surface area is 132 Å². The predicted octanol–water partition coefficient (Wildman–Crippen LogP) is 3.57. The number of thiophene rings is 1. The summed E-state index contributed by atoms with van der Waals surface area (Å²) in [6, 6.07) is 5.87. The van der Waals surface area contributed by atoms with Gasteiger partial charge in [-0.2, -0.15) is 11.3 Å². The van der Waals surface area contributed by atoms with Crippen molar-refractivity contribution in [3.63, 3.8) is 0 Å². The van der Waals surface area contributed by atoms with Gasteiger partial charge in [-0.1, -0.05) is 11.6 Å². The van der Waals surface area contributed by atoms with Gasteiger partial charge in [-0.3, -0.25) is 4.79 Å². The molecule has 1 aromatic carbocycles. The zero-order valence-electron chi connectivity index (χ0n) is 11.8. The highest BCUT2D eigenvalue weighted by molar-refractivity contribution is 7.07. The molecule has 1 N–H and O–H groups in total. The highest BCUT2D eigenvalue weighted by atomic mass is 35.5. The van der Waals surface area contributed by atoms with E-state index >= 15 is 0 Å². The van der Waals surface area contributed by atoms with Gasteiger partial charge in [0.25, 0.3) is 5.91 Å². The molecule has 0 aliphatic rings. The first kappa shape index (κ1) is 15.9. The Kier molecular flexibility index (Phi) is 5.33. The molecule has 0 saturated heterocycles. The van der Waals surface area contributed by atoms with Gasteiger partial charge < -0.3 is 10.2 Å². The summed E-state index contributed by atoms with van der Waals surface area (Å²) in [4.78, 5) is 14.2. The second-order valence-electron chi connectivity index (χ2n) is 4.87. The number of likely N-dealkylation sites (N-methyl/N-ethyl adjacent to an activating group) is 1. The Hall–Kier alpha value is -1.43. The Morgan fingerprint density at radius 3 is 2.76 bits per heavy atom. The molecule has 21 heavy (non-hydrogen) atoms. The molecule has 112 valence electrons. The summed E-state index contributed by atoms with van der Waals surface area (Å²) in [5.74, 6) is -0.761. The molecule has 1 heterocycles. The molecular weight excluding hydrogens is 311 g/mol. The summed E-state index contributed by atoms with van der Waals surface area (Å²) in [6.07, 6.45) is 0. The van der Waals surface area contributed by atoms with E-state index in [-0.39, 0.29) is 22.5 Å². The number of carbonyl (C=O) groups excluding carboxylic acids is 1. The van der Waals surface area contributed by atoms with Gasteiger partial charge in [0.05, 0.1) is 16.6 Å². The van der Waals surface area contributed by atoms with Crippen LogP contribution in [0.3, 0.4) is 0 Å². The van der Waals surface area contributed by atoms with Gasteiger partial charge in [0.1, 0.15) is 5.82 Å². The monoisotopic (exact) mass is 326 g/mol. The maximum absolute atomic E-state index is 13.0. The van der Waals surface area contributed by atoms with Crippen LogP contribution in [-0.2, 0) is 0 Å². The molecule has 0 unspecified atom stereocenters. The van der Waals surface area contributed by atoms with Crippen molar-refractivity contribution in [3.8, 4) is 0 Å². The molecule has 0 aliphatic heterocycles. The molecule has 1 amide bonds. The second-order valence-corrected chi connectivity index (χ2v) is 6.06. The van der Waals surface area contributed by atoms with Gasteiger partial charge in [0.2, 0.25) is 0 Å². The van der Waals surface area contributed by atoms with Crippen LogP contribution >= 0.6 is 22.9 Å². The minimum Gasteiger partial charge on any atom is -0.350 e. The summed E-state index contributed by atoms with van der Waals surface area (Å²) in [5.41, 5.74) is 1.43. The number of benzene rings is 1. The Morgan fingerprint density at radius 2 is 2.19 bits per heavy atom. The first-order chi connectivity index (χ1) is 9.99. The molecule has 1 atom stereocenters. The molecule has 3 nitrogen and oxygen atoms in total. The van der Waals surface area contributed by atoms with E-state index in [4.69, 9.17) is 11.6 Å². The van der Waals surface area contributed by atoms with Crippen LogP contribution in [0, 0.1) is 5.82 Å². The van der Waals surface area contributed by atoms with Crippen molar-refractivity contribution in [1.82, 2.24) is 10.2 Å². The fourth-order valence-corrected chi connectivity index (χ4v) is 2.98. The summed E-state index contributed by atoms with van der Waals surface area (Å²) >= 11 is 7.51. The maximum atomic E-state index is 13.0. The largest absolute Gasteiger partial charge is 0.350 e. The smallest absolute Gasteiger partial charge is 0.252 e. The minimum atomic E-state index is -0.457. The van der Waals surface area contributed by atoms with E-state index in [0.717, 1.165) is 11.6 Å². The molecule has 1 aromatic heterocycles. The van der Waals surface area contributed by atoms with E-state index < -0.39 is 5.82 Å².